The molecule has 10 heteroatoms. The van der Waals surface area contributed by atoms with E-state index in [0.29, 0.717) is 58.5 Å². The van der Waals surface area contributed by atoms with Crippen LogP contribution in [0.5, 0.6) is 0 Å². The van der Waals surface area contributed by atoms with Gasteiger partial charge in [0.15, 0.2) is 0 Å². The van der Waals surface area contributed by atoms with E-state index in [-0.39, 0.29) is 47.0 Å². The summed E-state index contributed by atoms with van der Waals surface area (Å²) in [7, 11) is 1.65. The first kappa shape index (κ1) is 24.1. The van der Waals surface area contributed by atoms with Gasteiger partial charge in [-0.15, -0.1) is 0 Å². The number of nitrogens with one attached hydrogen (secondary N) is 2. The van der Waals surface area contributed by atoms with Crippen molar-refractivity contribution < 1.29 is 9.59 Å². The molecule has 0 unspecified atom stereocenters. The minimum atomic E-state index is -0.376. The smallest absolute Gasteiger partial charge is 0.259 e. The molecule has 8 nitrogen and oxygen atoms in total. The average Bonchev–Trinajstić information content (AvgIpc) is 2.75. The monoisotopic (exact) mass is 517 g/mol. The lowest BCUT2D eigenvalue weighted by molar-refractivity contribution is -0.197. The molecule has 1 aromatic heterocycles. The summed E-state index contributed by atoms with van der Waals surface area (Å²) in [6.45, 7) is 6.15. The van der Waals surface area contributed by atoms with Gasteiger partial charge in [-0.05, 0) is 64.7 Å². The third-order valence-corrected chi connectivity index (χ3v) is 8.38. The summed E-state index contributed by atoms with van der Waals surface area (Å²) >= 11 is 12.1. The number of anilines is 1. The Morgan fingerprint density at radius 2 is 1.86 bits per heavy atom. The van der Waals surface area contributed by atoms with Crippen molar-refractivity contribution in [2.24, 2.45) is 5.41 Å². The Morgan fingerprint density at radius 1 is 1.17 bits per heavy atom. The molecule has 0 saturated heterocycles. The van der Waals surface area contributed by atoms with Gasteiger partial charge in [-0.1, -0.05) is 23.2 Å². The molecule has 0 spiro atoms. The Kier molecular flexibility index (Phi) is 5.68. The molecular formula is C25H29Cl2N5O3. The minimum Gasteiger partial charge on any atom is -0.359 e. The first-order chi connectivity index (χ1) is 16.5. The lowest BCUT2D eigenvalue weighted by Crippen LogP contribution is -2.74. The molecule has 4 aliphatic rings. The summed E-state index contributed by atoms with van der Waals surface area (Å²) in [5, 5.41) is 6.80. The van der Waals surface area contributed by atoms with E-state index < -0.39 is 0 Å². The van der Waals surface area contributed by atoms with Crippen molar-refractivity contribution in [3.63, 3.8) is 0 Å². The van der Waals surface area contributed by atoms with Crippen molar-refractivity contribution in [2.45, 2.75) is 70.6 Å². The summed E-state index contributed by atoms with van der Waals surface area (Å²) in [6.07, 6.45) is 2.34. The molecule has 1 atom stereocenters. The molecule has 2 amide bonds. The van der Waals surface area contributed by atoms with E-state index in [1.807, 2.05) is 20.8 Å². The van der Waals surface area contributed by atoms with Gasteiger partial charge in [-0.2, -0.15) is 0 Å². The van der Waals surface area contributed by atoms with E-state index in [0.717, 1.165) is 0 Å². The fraction of sp³-hybridized carbons (Fsp3) is 0.520. The number of rotatable bonds is 5. The van der Waals surface area contributed by atoms with Crippen LogP contribution in [0.1, 0.15) is 61.6 Å². The quantitative estimate of drug-likeness (QED) is 0.631. The standard InChI is InChI=1S/C25H29Cl2N5O3/c1-13(2)29-23-30-19-9-31(20(33)15-5-6-17(26)18(27)8-15)14(3)7-16(19)21(34)32(23)25-10-24(11-25,12-25)22(35)28-4/h5-6,8,13-14H,7,9-12H2,1-4H3,(H,28,35)(H,29,30)/t14-,24?,25?/m1/s1. The zero-order valence-corrected chi connectivity index (χ0v) is 21.8. The Hall–Kier alpha value is -2.58. The number of nitrogens with zero attached hydrogens (tertiary/aromatic N) is 3. The first-order valence-corrected chi connectivity index (χ1v) is 12.7. The van der Waals surface area contributed by atoms with Crippen molar-refractivity contribution >= 4 is 41.0 Å². The molecule has 6 rings (SSSR count). The first-order valence-electron chi connectivity index (χ1n) is 11.9. The van der Waals surface area contributed by atoms with Crippen LogP contribution in [0.25, 0.3) is 0 Å². The van der Waals surface area contributed by atoms with Gasteiger partial charge in [0.1, 0.15) is 0 Å². The van der Waals surface area contributed by atoms with Crippen LogP contribution < -0.4 is 16.2 Å². The van der Waals surface area contributed by atoms with E-state index in [4.69, 9.17) is 28.2 Å². The van der Waals surface area contributed by atoms with E-state index in [9.17, 15) is 14.4 Å². The number of fused-ring (bicyclic) bond motifs is 1. The van der Waals surface area contributed by atoms with Crippen LogP contribution >= 0.6 is 23.2 Å². The SMILES string of the molecule is CNC(=O)C12CC(n3c(NC(C)C)nc4c(c3=O)C[C@@H](C)N(C(=O)c3ccc(Cl)c(Cl)c3)C4)(C1)C2. The number of benzene rings is 1. The molecule has 3 saturated carbocycles. The third-order valence-electron chi connectivity index (χ3n) is 7.64. The Bertz CT molecular complexity index is 1280. The topological polar surface area (TPSA) is 96.3 Å². The number of carbonyl (C=O) groups is 2. The predicted octanol–water partition coefficient (Wildman–Crippen LogP) is 3.58. The summed E-state index contributed by atoms with van der Waals surface area (Å²) in [5.74, 6) is 0.366. The maximum atomic E-state index is 13.8. The molecule has 35 heavy (non-hydrogen) atoms. The van der Waals surface area contributed by atoms with Crippen molar-refractivity contribution in [2.75, 3.05) is 12.4 Å². The highest BCUT2D eigenvalue weighted by Crippen LogP contribution is 2.71. The van der Waals surface area contributed by atoms with Crippen LogP contribution in [0.15, 0.2) is 23.0 Å². The molecule has 2 heterocycles. The van der Waals surface area contributed by atoms with Gasteiger partial charge in [0.2, 0.25) is 11.9 Å². The predicted molar refractivity (Wildman–Crippen MR) is 135 cm³/mol. The van der Waals surface area contributed by atoms with Gasteiger partial charge in [0, 0.05) is 30.3 Å². The van der Waals surface area contributed by atoms with Gasteiger partial charge < -0.3 is 15.5 Å². The molecule has 3 fully saturated rings. The number of hydrogen-bond donors (Lipinski definition) is 2. The Morgan fingerprint density at radius 3 is 2.46 bits per heavy atom. The molecule has 2 bridgehead atoms. The second-order valence-electron chi connectivity index (χ2n) is 10.5. The van der Waals surface area contributed by atoms with Crippen LogP contribution in [-0.2, 0) is 23.3 Å². The molecule has 1 aliphatic heterocycles. The number of carbonyl (C=O) groups excluding carboxylic acids is 2. The van der Waals surface area contributed by atoms with Crippen LogP contribution in [-0.4, -0.2) is 45.4 Å². The van der Waals surface area contributed by atoms with E-state index >= 15 is 0 Å². The van der Waals surface area contributed by atoms with Crippen LogP contribution in [0.3, 0.4) is 0 Å². The lowest BCUT2D eigenvalue weighted by atomic mass is 9.39. The summed E-state index contributed by atoms with van der Waals surface area (Å²) in [6, 6.07) is 4.69. The highest BCUT2D eigenvalue weighted by atomic mass is 35.5. The van der Waals surface area contributed by atoms with Crippen molar-refractivity contribution in [3.8, 4) is 0 Å². The average molecular weight is 518 g/mol. The number of aromatic nitrogens is 2. The molecular weight excluding hydrogens is 489 g/mol. The highest BCUT2D eigenvalue weighted by Gasteiger charge is 2.73. The number of amides is 2. The maximum absolute atomic E-state index is 13.8. The molecule has 3 aliphatic carbocycles. The summed E-state index contributed by atoms with van der Waals surface area (Å²) < 4.78 is 1.79. The minimum absolute atomic E-state index is 0.0433. The zero-order valence-electron chi connectivity index (χ0n) is 20.2. The third kappa shape index (κ3) is 3.64. The van der Waals surface area contributed by atoms with Crippen molar-refractivity contribution in [1.29, 1.82) is 0 Å². The second-order valence-corrected chi connectivity index (χ2v) is 11.3. The summed E-state index contributed by atoms with van der Waals surface area (Å²) in [4.78, 5) is 46.1. The zero-order chi connectivity index (χ0) is 25.3. The molecule has 2 aromatic rings. The molecule has 186 valence electrons. The fourth-order valence-electron chi connectivity index (χ4n) is 6.00. The van der Waals surface area contributed by atoms with Gasteiger partial charge in [-0.3, -0.25) is 19.0 Å². The Labute approximate surface area is 214 Å². The molecule has 0 radical (unpaired) electrons. The normalized spacial score (nSPS) is 26.5. The van der Waals surface area contributed by atoms with Crippen molar-refractivity contribution in [3.05, 3.63) is 55.4 Å². The summed E-state index contributed by atoms with van der Waals surface area (Å²) in [5.41, 5.74) is 0.875. The van der Waals surface area contributed by atoms with Gasteiger partial charge in [0.25, 0.3) is 11.5 Å². The van der Waals surface area contributed by atoms with Crippen molar-refractivity contribution in [1.82, 2.24) is 19.8 Å². The van der Waals surface area contributed by atoms with E-state index in [1.165, 1.54) is 0 Å². The largest absolute Gasteiger partial charge is 0.359 e. The van der Waals surface area contributed by atoms with Crippen LogP contribution in [0, 0.1) is 5.41 Å². The van der Waals surface area contributed by atoms with Gasteiger partial charge in [-0.25, -0.2) is 4.98 Å². The number of halogens is 2. The van der Waals surface area contributed by atoms with Crippen LogP contribution in [0.4, 0.5) is 5.95 Å². The highest BCUT2D eigenvalue weighted by molar-refractivity contribution is 6.42. The maximum Gasteiger partial charge on any atom is 0.259 e. The van der Waals surface area contributed by atoms with Gasteiger partial charge >= 0.3 is 0 Å². The molecule has 1 aromatic carbocycles. The van der Waals surface area contributed by atoms with E-state index in [1.54, 1.807) is 34.7 Å². The van der Waals surface area contributed by atoms with E-state index in [2.05, 4.69) is 10.6 Å². The fourth-order valence-corrected chi connectivity index (χ4v) is 6.30. The number of hydrogen-bond acceptors (Lipinski definition) is 5. The van der Waals surface area contributed by atoms with Crippen LogP contribution in [0.2, 0.25) is 10.0 Å². The lowest BCUT2D eigenvalue weighted by Gasteiger charge is -2.69. The second kappa shape index (κ2) is 8.23. The van der Waals surface area contributed by atoms with Gasteiger partial charge in [0.05, 0.1) is 33.2 Å². The molecule has 2 N–H and O–H groups in total. The Balaban J connectivity index is 1.50.